The van der Waals surface area contributed by atoms with Gasteiger partial charge < -0.3 is 4.74 Å². The van der Waals surface area contributed by atoms with E-state index < -0.39 is 6.10 Å². The molecular formula is C17H24BrNO. The van der Waals surface area contributed by atoms with Gasteiger partial charge in [0, 0.05) is 0 Å². The zero-order chi connectivity index (χ0) is 15.6. The van der Waals surface area contributed by atoms with Gasteiger partial charge in [0.05, 0.1) is 4.47 Å². The van der Waals surface area contributed by atoms with Gasteiger partial charge in [0.1, 0.15) is 11.8 Å². The minimum absolute atomic E-state index is 0.0974. The molecule has 1 rings (SSSR count). The van der Waals surface area contributed by atoms with Crippen LogP contribution in [0.25, 0.3) is 0 Å². The molecule has 0 N–H and O–H groups in total. The first-order valence-electron chi connectivity index (χ1n) is 6.91. The topological polar surface area (TPSA) is 33.0 Å². The van der Waals surface area contributed by atoms with E-state index in [2.05, 4.69) is 68.8 Å². The van der Waals surface area contributed by atoms with E-state index in [1.165, 1.54) is 5.56 Å². The Morgan fingerprint density at radius 2 is 1.85 bits per heavy atom. The summed E-state index contributed by atoms with van der Waals surface area (Å²) in [6.45, 7) is 13.0. The molecule has 0 fully saturated rings. The van der Waals surface area contributed by atoms with Crippen molar-refractivity contribution < 1.29 is 4.74 Å². The molecule has 110 valence electrons. The van der Waals surface area contributed by atoms with Crippen molar-refractivity contribution >= 4 is 15.9 Å². The first kappa shape index (κ1) is 17.0. The highest BCUT2D eigenvalue weighted by atomic mass is 79.9. The van der Waals surface area contributed by atoms with E-state index in [1.54, 1.807) is 6.92 Å². The lowest BCUT2D eigenvalue weighted by atomic mass is 9.72. The summed E-state index contributed by atoms with van der Waals surface area (Å²) in [6, 6.07) is 8.21. The van der Waals surface area contributed by atoms with E-state index in [-0.39, 0.29) is 10.8 Å². The average molecular weight is 338 g/mol. The molecule has 0 aliphatic rings. The molecule has 0 aliphatic heterocycles. The van der Waals surface area contributed by atoms with Crippen LogP contribution in [-0.4, -0.2) is 6.10 Å². The number of nitrogens with zero attached hydrogens (tertiary/aromatic N) is 1. The number of rotatable bonds is 4. The molecular weight excluding hydrogens is 314 g/mol. The molecule has 0 aromatic heterocycles. The molecule has 0 aliphatic carbocycles. The molecule has 1 atom stereocenters. The Morgan fingerprint density at radius 1 is 1.25 bits per heavy atom. The third-order valence-electron chi connectivity index (χ3n) is 3.17. The Balaban J connectivity index is 3.00. The molecule has 0 saturated heterocycles. The summed E-state index contributed by atoms with van der Waals surface area (Å²) >= 11 is 3.54. The van der Waals surface area contributed by atoms with E-state index in [0.717, 1.165) is 10.9 Å². The summed E-state index contributed by atoms with van der Waals surface area (Å²) in [5, 5.41) is 8.81. The zero-order valence-corrected chi connectivity index (χ0v) is 14.8. The van der Waals surface area contributed by atoms with Gasteiger partial charge in [-0.05, 0) is 57.8 Å². The summed E-state index contributed by atoms with van der Waals surface area (Å²) in [5.74, 6) is 0.717. The van der Waals surface area contributed by atoms with Crippen LogP contribution in [0.15, 0.2) is 22.7 Å². The van der Waals surface area contributed by atoms with Crippen molar-refractivity contribution in [2.24, 2.45) is 5.41 Å². The molecule has 0 saturated carbocycles. The number of halogens is 1. The third kappa shape index (κ3) is 4.83. The normalized spacial score (nSPS) is 13.7. The maximum Gasteiger partial charge on any atom is 0.181 e. The molecule has 0 radical (unpaired) electrons. The average Bonchev–Trinajstić information content (AvgIpc) is 2.28. The Kier molecular flexibility index (Phi) is 5.27. The predicted octanol–water partition coefficient (Wildman–Crippen LogP) is 5.45. The van der Waals surface area contributed by atoms with Gasteiger partial charge in [-0.2, -0.15) is 5.26 Å². The van der Waals surface area contributed by atoms with Crippen LogP contribution in [-0.2, 0) is 5.41 Å². The molecule has 0 spiro atoms. The van der Waals surface area contributed by atoms with E-state index in [0.29, 0.717) is 5.75 Å². The molecule has 1 aromatic rings. The van der Waals surface area contributed by atoms with Gasteiger partial charge in [0.15, 0.2) is 6.10 Å². The fourth-order valence-corrected chi connectivity index (χ4v) is 3.13. The molecule has 3 heteroatoms. The lowest BCUT2D eigenvalue weighted by molar-refractivity contribution is 0.272. The zero-order valence-electron chi connectivity index (χ0n) is 13.2. The molecule has 0 heterocycles. The van der Waals surface area contributed by atoms with Crippen LogP contribution >= 0.6 is 15.9 Å². The lowest BCUT2D eigenvalue weighted by Gasteiger charge is -2.33. The summed E-state index contributed by atoms with van der Waals surface area (Å²) in [7, 11) is 0. The monoisotopic (exact) mass is 337 g/mol. The van der Waals surface area contributed by atoms with Gasteiger partial charge in [0.2, 0.25) is 0 Å². The quantitative estimate of drug-likeness (QED) is 0.731. The second kappa shape index (κ2) is 6.18. The van der Waals surface area contributed by atoms with Crippen molar-refractivity contribution in [1.82, 2.24) is 0 Å². The van der Waals surface area contributed by atoms with Crippen LogP contribution in [0, 0.1) is 16.7 Å². The number of hydrogen-bond donors (Lipinski definition) is 0. The molecule has 1 aromatic carbocycles. The number of nitriles is 1. The number of hydrogen-bond acceptors (Lipinski definition) is 2. The minimum atomic E-state index is -0.445. The van der Waals surface area contributed by atoms with Crippen molar-refractivity contribution in [3.05, 3.63) is 28.2 Å². The summed E-state index contributed by atoms with van der Waals surface area (Å²) < 4.78 is 6.46. The molecule has 0 amide bonds. The standard InChI is InChI=1S/C17H24BrNO/c1-12(10-19)20-15-8-7-13(9-14(15)18)17(5,6)11-16(2,3)4/h7-9,12H,11H2,1-6H3. The van der Waals surface area contributed by atoms with Gasteiger partial charge in [-0.1, -0.05) is 40.7 Å². The highest BCUT2D eigenvalue weighted by Gasteiger charge is 2.27. The molecule has 0 bridgehead atoms. The van der Waals surface area contributed by atoms with Crippen LogP contribution in [0.1, 0.15) is 53.5 Å². The van der Waals surface area contributed by atoms with Crippen LogP contribution < -0.4 is 4.74 Å². The fraction of sp³-hybridized carbons (Fsp3) is 0.588. The van der Waals surface area contributed by atoms with Crippen LogP contribution in [0.2, 0.25) is 0 Å². The predicted molar refractivity (Wildman–Crippen MR) is 86.9 cm³/mol. The van der Waals surface area contributed by atoms with Gasteiger partial charge in [-0.3, -0.25) is 0 Å². The van der Waals surface area contributed by atoms with Crippen molar-refractivity contribution in [3.63, 3.8) is 0 Å². The smallest absolute Gasteiger partial charge is 0.181 e. The van der Waals surface area contributed by atoms with E-state index in [4.69, 9.17) is 10.00 Å². The van der Waals surface area contributed by atoms with Gasteiger partial charge in [0.25, 0.3) is 0 Å². The maximum atomic E-state index is 8.81. The summed E-state index contributed by atoms with van der Waals surface area (Å²) in [5.41, 5.74) is 1.65. The molecule has 2 nitrogen and oxygen atoms in total. The highest BCUT2D eigenvalue weighted by molar-refractivity contribution is 9.10. The van der Waals surface area contributed by atoms with Crippen LogP contribution in [0.5, 0.6) is 5.75 Å². The van der Waals surface area contributed by atoms with Crippen molar-refractivity contribution in [3.8, 4) is 11.8 Å². The van der Waals surface area contributed by atoms with Crippen LogP contribution in [0.4, 0.5) is 0 Å². The first-order valence-corrected chi connectivity index (χ1v) is 7.71. The van der Waals surface area contributed by atoms with Crippen molar-refractivity contribution in [2.75, 3.05) is 0 Å². The van der Waals surface area contributed by atoms with Crippen LogP contribution in [0.3, 0.4) is 0 Å². The molecule has 1 unspecified atom stereocenters. The molecule has 20 heavy (non-hydrogen) atoms. The highest BCUT2D eigenvalue weighted by Crippen LogP contribution is 2.38. The van der Waals surface area contributed by atoms with Gasteiger partial charge >= 0.3 is 0 Å². The number of benzene rings is 1. The summed E-state index contributed by atoms with van der Waals surface area (Å²) in [6.07, 6.45) is 0.654. The second-order valence-electron chi connectivity index (χ2n) is 7.16. The SMILES string of the molecule is CC(C#N)Oc1ccc(C(C)(C)CC(C)(C)C)cc1Br. The van der Waals surface area contributed by atoms with Gasteiger partial charge in [-0.15, -0.1) is 0 Å². The Morgan fingerprint density at radius 3 is 2.30 bits per heavy atom. The van der Waals surface area contributed by atoms with E-state index in [1.807, 2.05) is 6.07 Å². The lowest BCUT2D eigenvalue weighted by Crippen LogP contribution is -2.24. The Labute approximate surface area is 131 Å². The second-order valence-corrected chi connectivity index (χ2v) is 8.01. The van der Waals surface area contributed by atoms with Crippen molar-refractivity contribution in [2.45, 2.75) is 59.5 Å². The maximum absolute atomic E-state index is 8.81. The third-order valence-corrected chi connectivity index (χ3v) is 3.79. The summed E-state index contributed by atoms with van der Waals surface area (Å²) in [4.78, 5) is 0. The largest absolute Gasteiger partial charge is 0.475 e. The van der Waals surface area contributed by atoms with Gasteiger partial charge in [-0.25, -0.2) is 0 Å². The number of ether oxygens (including phenoxy) is 1. The Hall–Kier alpha value is -1.01. The Bertz CT molecular complexity index is 509. The minimum Gasteiger partial charge on any atom is -0.475 e. The van der Waals surface area contributed by atoms with E-state index in [9.17, 15) is 0 Å². The first-order chi connectivity index (χ1) is 9.05. The van der Waals surface area contributed by atoms with E-state index >= 15 is 0 Å². The fourth-order valence-electron chi connectivity index (χ4n) is 2.66. The van der Waals surface area contributed by atoms with Crippen molar-refractivity contribution in [1.29, 1.82) is 5.26 Å².